The maximum Gasteiger partial charge on any atom is 0.0670 e. The average molecular weight is 421 g/mol. The van der Waals surface area contributed by atoms with Crippen molar-refractivity contribution >= 4 is 0 Å². The molecule has 4 rings (SSSR count). The second kappa shape index (κ2) is 11.4. The summed E-state index contributed by atoms with van der Waals surface area (Å²) in [5.74, 6) is 1.33. The molecule has 172 valence electrons. The number of rotatable bonds is 8. The highest BCUT2D eigenvalue weighted by molar-refractivity contribution is 5.15. The maximum atomic E-state index is 6.28. The molecule has 0 spiro atoms. The van der Waals surface area contributed by atoms with E-state index < -0.39 is 0 Å². The highest BCUT2D eigenvalue weighted by atomic mass is 16.5. The van der Waals surface area contributed by atoms with Crippen LogP contribution in [0.2, 0.25) is 0 Å². The van der Waals surface area contributed by atoms with Gasteiger partial charge in [0.2, 0.25) is 0 Å². The lowest BCUT2D eigenvalue weighted by molar-refractivity contribution is 0.0188. The fraction of sp³-hybridized carbons (Fsp3) is 0.917. The Morgan fingerprint density at radius 3 is 3.03 bits per heavy atom. The average Bonchev–Trinajstić information content (AvgIpc) is 3.03. The van der Waals surface area contributed by atoms with Gasteiger partial charge in [0.25, 0.3) is 0 Å². The first-order chi connectivity index (χ1) is 14.7. The van der Waals surface area contributed by atoms with E-state index in [1.807, 2.05) is 0 Å². The first-order valence-corrected chi connectivity index (χ1v) is 12.5. The zero-order chi connectivity index (χ0) is 20.8. The lowest BCUT2D eigenvalue weighted by atomic mass is 9.72. The van der Waals surface area contributed by atoms with E-state index in [4.69, 9.17) is 9.47 Å². The standard InChI is InChI=1S/C24H44N4O2/c1-17-13-20(26-9-4-11-29-2)16-23(27-17)28-21-14-19-7-12-30-24(19)22(15-21)18-5-3-8-25-10-6-18/h6,17,19-28H,3-5,7-16H2,1-2H3. The van der Waals surface area contributed by atoms with Crippen molar-refractivity contribution < 1.29 is 9.47 Å². The van der Waals surface area contributed by atoms with E-state index in [1.54, 1.807) is 12.7 Å². The number of methoxy groups -OCH3 is 1. The number of hydrogen-bond donors (Lipinski definition) is 4. The predicted molar refractivity (Wildman–Crippen MR) is 122 cm³/mol. The largest absolute Gasteiger partial charge is 0.385 e. The quantitative estimate of drug-likeness (QED) is 0.357. The van der Waals surface area contributed by atoms with Crippen molar-refractivity contribution in [3.63, 3.8) is 0 Å². The zero-order valence-corrected chi connectivity index (χ0v) is 19.1. The molecule has 6 heteroatoms. The molecule has 6 nitrogen and oxygen atoms in total. The first kappa shape index (κ1) is 22.7. The molecule has 0 aromatic heterocycles. The van der Waals surface area contributed by atoms with E-state index in [9.17, 15) is 0 Å². The van der Waals surface area contributed by atoms with Crippen molar-refractivity contribution in [2.45, 2.75) is 88.7 Å². The topological polar surface area (TPSA) is 66.6 Å². The summed E-state index contributed by atoms with van der Waals surface area (Å²) < 4.78 is 11.5. The van der Waals surface area contributed by atoms with Gasteiger partial charge in [0.1, 0.15) is 0 Å². The van der Waals surface area contributed by atoms with Crippen LogP contribution in [0.3, 0.4) is 0 Å². The van der Waals surface area contributed by atoms with E-state index in [2.05, 4.69) is 34.3 Å². The summed E-state index contributed by atoms with van der Waals surface area (Å²) in [6.07, 6.45) is 13.0. The Labute approximate surface area is 183 Å². The van der Waals surface area contributed by atoms with Gasteiger partial charge < -0.3 is 20.1 Å². The number of hydrogen-bond acceptors (Lipinski definition) is 6. The summed E-state index contributed by atoms with van der Waals surface area (Å²) in [5.41, 5.74) is 1.66. The third kappa shape index (κ3) is 6.05. The highest BCUT2D eigenvalue weighted by Gasteiger charge is 2.43. The van der Waals surface area contributed by atoms with Gasteiger partial charge in [-0.25, -0.2) is 0 Å². The molecule has 7 atom stereocenters. The molecule has 0 radical (unpaired) electrons. The molecule has 3 fully saturated rings. The Kier molecular flexibility index (Phi) is 8.61. The Morgan fingerprint density at radius 1 is 1.20 bits per heavy atom. The van der Waals surface area contributed by atoms with Crippen molar-refractivity contribution in [2.75, 3.05) is 40.0 Å². The Hall–Kier alpha value is -0.500. The molecule has 0 amide bonds. The number of fused-ring (bicyclic) bond motifs is 1. The Balaban J connectivity index is 1.34. The van der Waals surface area contributed by atoms with Crippen LogP contribution in [-0.4, -0.2) is 70.4 Å². The van der Waals surface area contributed by atoms with E-state index in [0.29, 0.717) is 36.3 Å². The fourth-order valence-electron chi connectivity index (χ4n) is 6.29. The van der Waals surface area contributed by atoms with E-state index >= 15 is 0 Å². The van der Waals surface area contributed by atoms with Crippen LogP contribution < -0.4 is 21.3 Å². The van der Waals surface area contributed by atoms with E-state index in [1.165, 1.54) is 38.5 Å². The van der Waals surface area contributed by atoms with Gasteiger partial charge in [-0.15, -0.1) is 0 Å². The van der Waals surface area contributed by atoms with Gasteiger partial charge >= 0.3 is 0 Å². The maximum absolute atomic E-state index is 6.28. The van der Waals surface area contributed by atoms with Gasteiger partial charge in [-0.2, -0.15) is 0 Å². The summed E-state index contributed by atoms with van der Waals surface area (Å²) in [7, 11) is 1.78. The van der Waals surface area contributed by atoms with E-state index in [0.717, 1.165) is 51.6 Å². The van der Waals surface area contributed by atoms with Crippen LogP contribution in [0.25, 0.3) is 0 Å². The normalized spacial score (nSPS) is 39.9. The van der Waals surface area contributed by atoms with Crippen molar-refractivity contribution in [3.05, 3.63) is 11.6 Å². The minimum atomic E-state index is 0.406. The summed E-state index contributed by atoms with van der Waals surface area (Å²) in [5, 5.41) is 15.2. The molecule has 1 saturated carbocycles. The summed E-state index contributed by atoms with van der Waals surface area (Å²) in [4.78, 5) is 0. The summed E-state index contributed by atoms with van der Waals surface area (Å²) in [6, 6.07) is 1.73. The number of ether oxygens (including phenoxy) is 2. The van der Waals surface area contributed by atoms with Crippen LogP contribution in [0.4, 0.5) is 0 Å². The van der Waals surface area contributed by atoms with Crippen LogP contribution in [-0.2, 0) is 9.47 Å². The Bertz CT molecular complexity index is 557. The van der Waals surface area contributed by atoms with Crippen LogP contribution in [0.1, 0.15) is 58.3 Å². The zero-order valence-electron chi connectivity index (χ0n) is 19.1. The molecular weight excluding hydrogens is 376 g/mol. The van der Waals surface area contributed by atoms with Crippen molar-refractivity contribution in [2.24, 2.45) is 11.8 Å². The molecule has 3 aliphatic heterocycles. The number of nitrogens with one attached hydrogen (secondary N) is 4. The third-order valence-electron chi connectivity index (χ3n) is 7.63. The second-order valence-electron chi connectivity index (χ2n) is 10.0. The van der Waals surface area contributed by atoms with Crippen molar-refractivity contribution in [1.82, 2.24) is 21.3 Å². The van der Waals surface area contributed by atoms with Crippen molar-refractivity contribution in [3.8, 4) is 0 Å². The molecule has 0 aromatic rings. The monoisotopic (exact) mass is 420 g/mol. The first-order valence-electron chi connectivity index (χ1n) is 12.5. The Morgan fingerprint density at radius 2 is 2.13 bits per heavy atom. The lowest BCUT2D eigenvalue weighted by Crippen LogP contribution is -2.59. The third-order valence-corrected chi connectivity index (χ3v) is 7.63. The van der Waals surface area contributed by atoms with Gasteiger partial charge in [0, 0.05) is 50.9 Å². The van der Waals surface area contributed by atoms with Crippen LogP contribution in [0.15, 0.2) is 11.6 Å². The molecule has 0 bridgehead atoms. The molecule has 4 aliphatic rings. The highest BCUT2D eigenvalue weighted by Crippen LogP contribution is 2.42. The molecular formula is C24H44N4O2. The van der Waals surface area contributed by atoms with Gasteiger partial charge in [0.15, 0.2) is 0 Å². The van der Waals surface area contributed by atoms with E-state index in [-0.39, 0.29) is 0 Å². The van der Waals surface area contributed by atoms with Gasteiger partial charge in [0.05, 0.1) is 12.3 Å². The predicted octanol–water partition coefficient (Wildman–Crippen LogP) is 2.16. The van der Waals surface area contributed by atoms with Crippen LogP contribution in [0.5, 0.6) is 0 Å². The molecule has 3 heterocycles. The minimum Gasteiger partial charge on any atom is -0.385 e. The van der Waals surface area contributed by atoms with Gasteiger partial charge in [-0.3, -0.25) is 10.6 Å². The lowest BCUT2D eigenvalue weighted by Gasteiger charge is -2.43. The fourth-order valence-corrected chi connectivity index (χ4v) is 6.29. The minimum absolute atomic E-state index is 0.406. The molecule has 1 aliphatic carbocycles. The molecule has 4 N–H and O–H groups in total. The van der Waals surface area contributed by atoms with Crippen molar-refractivity contribution in [1.29, 1.82) is 0 Å². The molecule has 7 unspecified atom stereocenters. The molecule has 30 heavy (non-hydrogen) atoms. The SMILES string of the molecule is COCCCNC1CC(C)NC(NC2CC3CCOC3C(C3=CCNCCC3)C2)C1. The summed E-state index contributed by atoms with van der Waals surface area (Å²) in [6.45, 7) is 7.34. The summed E-state index contributed by atoms with van der Waals surface area (Å²) >= 11 is 0. The van der Waals surface area contributed by atoms with Crippen LogP contribution in [0, 0.1) is 11.8 Å². The molecule has 0 aromatic carbocycles. The smallest absolute Gasteiger partial charge is 0.0670 e. The molecule has 2 saturated heterocycles. The number of piperidine rings is 1. The van der Waals surface area contributed by atoms with Crippen LogP contribution >= 0.6 is 0 Å². The van der Waals surface area contributed by atoms with Gasteiger partial charge in [-0.05, 0) is 77.3 Å². The van der Waals surface area contributed by atoms with Gasteiger partial charge in [-0.1, -0.05) is 11.6 Å². The second-order valence-corrected chi connectivity index (χ2v) is 10.0.